The SMILES string of the molecule is CCNC(=NCc1ccnc(N2CCCC2)c1)N1CCN(c2cccs2)CC1. The Morgan fingerprint density at radius 1 is 1.11 bits per heavy atom. The Kier molecular flexibility index (Phi) is 6.31. The quantitative estimate of drug-likeness (QED) is 0.620. The molecule has 150 valence electrons. The van der Waals surface area contributed by atoms with Gasteiger partial charge in [0.1, 0.15) is 5.82 Å². The first-order valence-corrected chi connectivity index (χ1v) is 11.2. The van der Waals surface area contributed by atoms with Crippen LogP contribution in [0.5, 0.6) is 0 Å². The lowest BCUT2D eigenvalue weighted by atomic mass is 10.2. The molecule has 4 heterocycles. The van der Waals surface area contributed by atoms with Crippen molar-refractivity contribution in [1.82, 2.24) is 15.2 Å². The lowest BCUT2D eigenvalue weighted by Crippen LogP contribution is -2.52. The van der Waals surface area contributed by atoms with Crippen LogP contribution in [-0.2, 0) is 6.54 Å². The van der Waals surface area contributed by atoms with Gasteiger partial charge in [0.25, 0.3) is 0 Å². The topological polar surface area (TPSA) is 47.0 Å². The molecule has 0 bridgehead atoms. The minimum Gasteiger partial charge on any atom is -0.360 e. The van der Waals surface area contributed by atoms with Gasteiger partial charge in [0.15, 0.2) is 5.96 Å². The summed E-state index contributed by atoms with van der Waals surface area (Å²) in [6.07, 6.45) is 4.46. The Morgan fingerprint density at radius 2 is 1.93 bits per heavy atom. The lowest BCUT2D eigenvalue weighted by Gasteiger charge is -2.37. The summed E-state index contributed by atoms with van der Waals surface area (Å²) in [6.45, 7) is 10.0. The molecule has 0 amide bonds. The highest BCUT2D eigenvalue weighted by molar-refractivity contribution is 7.14. The van der Waals surface area contributed by atoms with Gasteiger partial charge in [-0.25, -0.2) is 9.98 Å². The van der Waals surface area contributed by atoms with Gasteiger partial charge in [0.2, 0.25) is 0 Å². The van der Waals surface area contributed by atoms with Gasteiger partial charge in [-0.05, 0) is 55.0 Å². The number of pyridine rings is 1. The fourth-order valence-electron chi connectivity index (χ4n) is 3.86. The molecule has 2 saturated heterocycles. The molecule has 7 heteroatoms. The van der Waals surface area contributed by atoms with Crippen LogP contribution in [0.3, 0.4) is 0 Å². The van der Waals surface area contributed by atoms with E-state index in [1.54, 1.807) is 0 Å². The molecule has 2 aromatic rings. The van der Waals surface area contributed by atoms with E-state index >= 15 is 0 Å². The first-order chi connectivity index (χ1) is 13.8. The number of aromatic nitrogens is 1. The van der Waals surface area contributed by atoms with Gasteiger partial charge in [-0.1, -0.05) is 0 Å². The summed E-state index contributed by atoms with van der Waals surface area (Å²) in [5, 5.41) is 7.00. The number of piperazine rings is 1. The molecule has 2 fully saturated rings. The molecule has 2 aliphatic heterocycles. The molecule has 0 radical (unpaired) electrons. The molecule has 0 aliphatic carbocycles. The zero-order chi connectivity index (χ0) is 19.2. The highest BCUT2D eigenvalue weighted by atomic mass is 32.1. The molecule has 28 heavy (non-hydrogen) atoms. The van der Waals surface area contributed by atoms with Crippen LogP contribution in [0.4, 0.5) is 10.8 Å². The van der Waals surface area contributed by atoms with Crippen molar-refractivity contribution in [3.63, 3.8) is 0 Å². The number of rotatable bonds is 5. The Labute approximate surface area is 171 Å². The van der Waals surface area contributed by atoms with Crippen LogP contribution in [-0.4, -0.2) is 61.7 Å². The van der Waals surface area contributed by atoms with Crippen molar-refractivity contribution in [2.24, 2.45) is 4.99 Å². The fourth-order valence-corrected chi connectivity index (χ4v) is 4.64. The average molecular weight is 399 g/mol. The fraction of sp³-hybridized carbons (Fsp3) is 0.524. The van der Waals surface area contributed by atoms with E-state index in [2.05, 4.69) is 61.6 Å². The number of nitrogens with one attached hydrogen (secondary N) is 1. The van der Waals surface area contributed by atoms with Crippen molar-refractivity contribution in [1.29, 1.82) is 0 Å². The molecular formula is C21H30N6S. The predicted molar refractivity (Wildman–Crippen MR) is 119 cm³/mol. The van der Waals surface area contributed by atoms with E-state index in [-0.39, 0.29) is 0 Å². The van der Waals surface area contributed by atoms with Gasteiger partial charge >= 0.3 is 0 Å². The van der Waals surface area contributed by atoms with Crippen molar-refractivity contribution < 1.29 is 0 Å². The Balaban J connectivity index is 1.39. The molecule has 6 nitrogen and oxygen atoms in total. The van der Waals surface area contributed by atoms with Gasteiger partial charge < -0.3 is 20.0 Å². The summed E-state index contributed by atoms with van der Waals surface area (Å²) in [4.78, 5) is 16.7. The molecule has 2 aliphatic rings. The largest absolute Gasteiger partial charge is 0.360 e. The number of hydrogen-bond donors (Lipinski definition) is 1. The second-order valence-corrected chi connectivity index (χ2v) is 8.24. The summed E-state index contributed by atoms with van der Waals surface area (Å²) >= 11 is 1.82. The van der Waals surface area contributed by atoms with Crippen molar-refractivity contribution in [3.05, 3.63) is 41.4 Å². The molecule has 0 saturated carbocycles. The highest BCUT2D eigenvalue weighted by Gasteiger charge is 2.20. The summed E-state index contributed by atoms with van der Waals surface area (Å²) < 4.78 is 0. The van der Waals surface area contributed by atoms with Crippen LogP contribution in [0, 0.1) is 0 Å². The maximum Gasteiger partial charge on any atom is 0.194 e. The molecule has 1 N–H and O–H groups in total. The number of thiophene rings is 1. The zero-order valence-electron chi connectivity index (χ0n) is 16.7. The molecule has 2 aromatic heterocycles. The van der Waals surface area contributed by atoms with Crippen molar-refractivity contribution in [3.8, 4) is 0 Å². The van der Waals surface area contributed by atoms with Crippen LogP contribution in [0.25, 0.3) is 0 Å². The lowest BCUT2D eigenvalue weighted by molar-refractivity contribution is 0.373. The monoisotopic (exact) mass is 398 g/mol. The minimum absolute atomic E-state index is 0.691. The third-order valence-corrected chi connectivity index (χ3v) is 6.31. The van der Waals surface area contributed by atoms with Gasteiger partial charge in [-0.15, -0.1) is 11.3 Å². The molecule has 4 rings (SSSR count). The smallest absolute Gasteiger partial charge is 0.194 e. The van der Waals surface area contributed by atoms with Crippen LogP contribution >= 0.6 is 11.3 Å². The Morgan fingerprint density at radius 3 is 2.64 bits per heavy atom. The molecule has 0 aromatic carbocycles. The van der Waals surface area contributed by atoms with E-state index in [4.69, 9.17) is 4.99 Å². The van der Waals surface area contributed by atoms with Crippen molar-refractivity contribution in [2.75, 3.05) is 55.6 Å². The highest BCUT2D eigenvalue weighted by Crippen LogP contribution is 2.22. The first-order valence-electron chi connectivity index (χ1n) is 10.3. The average Bonchev–Trinajstić information content (AvgIpc) is 3.46. The predicted octanol–water partition coefficient (Wildman–Crippen LogP) is 3.03. The number of guanidine groups is 1. The van der Waals surface area contributed by atoms with Crippen LogP contribution in [0.2, 0.25) is 0 Å². The second kappa shape index (κ2) is 9.28. The normalized spacial score (nSPS) is 18.0. The van der Waals surface area contributed by atoms with Crippen LogP contribution in [0.1, 0.15) is 25.3 Å². The summed E-state index contributed by atoms with van der Waals surface area (Å²) in [5.74, 6) is 2.12. The first kappa shape index (κ1) is 19.1. The number of nitrogens with zero attached hydrogens (tertiary/aromatic N) is 5. The summed E-state index contributed by atoms with van der Waals surface area (Å²) in [6, 6.07) is 8.62. The van der Waals surface area contributed by atoms with E-state index in [1.807, 2.05) is 17.5 Å². The van der Waals surface area contributed by atoms with Crippen LogP contribution < -0.4 is 15.1 Å². The van der Waals surface area contributed by atoms with E-state index < -0.39 is 0 Å². The van der Waals surface area contributed by atoms with Gasteiger partial charge in [-0.2, -0.15) is 0 Å². The summed E-state index contributed by atoms with van der Waals surface area (Å²) in [7, 11) is 0. The van der Waals surface area contributed by atoms with Gasteiger partial charge in [-0.3, -0.25) is 0 Å². The van der Waals surface area contributed by atoms with Crippen molar-refractivity contribution in [2.45, 2.75) is 26.3 Å². The van der Waals surface area contributed by atoms with E-state index in [0.29, 0.717) is 6.54 Å². The summed E-state index contributed by atoms with van der Waals surface area (Å²) in [5.41, 5.74) is 1.23. The van der Waals surface area contributed by atoms with E-state index in [0.717, 1.165) is 57.6 Å². The standard InChI is InChI=1S/C21H30N6S/c1-2-22-21(27-13-11-26(12-14-27)20-6-5-15-28-20)24-17-18-7-8-23-19(16-18)25-9-3-4-10-25/h5-8,15-16H,2-4,9-14,17H2,1H3,(H,22,24). The second-order valence-electron chi connectivity index (χ2n) is 7.31. The maximum atomic E-state index is 4.93. The Bertz CT molecular complexity index is 761. The van der Waals surface area contributed by atoms with Gasteiger partial charge in [0.05, 0.1) is 11.5 Å². The maximum absolute atomic E-state index is 4.93. The number of anilines is 2. The molecule has 0 unspecified atom stereocenters. The van der Waals surface area contributed by atoms with Gasteiger partial charge in [0, 0.05) is 52.0 Å². The number of hydrogen-bond acceptors (Lipinski definition) is 5. The van der Waals surface area contributed by atoms with Crippen molar-refractivity contribution >= 4 is 28.1 Å². The Hall–Kier alpha value is -2.28. The van der Waals surface area contributed by atoms with E-state index in [1.165, 1.54) is 23.4 Å². The third kappa shape index (κ3) is 4.58. The minimum atomic E-state index is 0.691. The van der Waals surface area contributed by atoms with Crippen LogP contribution in [0.15, 0.2) is 40.8 Å². The van der Waals surface area contributed by atoms with E-state index in [9.17, 15) is 0 Å². The zero-order valence-corrected chi connectivity index (χ0v) is 17.5. The molecule has 0 atom stereocenters. The molecular weight excluding hydrogens is 368 g/mol. The number of aliphatic imine (C=N–C) groups is 1. The molecule has 0 spiro atoms. The third-order valence-electron chi connectivity index (χ3n) is 5.38.